The Hall–Kier alpha value is -0.960. The molecular weight excluding hydrogens is 256 g/mol. The van der Waals surface area contributed by atoms with Crippen LogP contribution in [0.1, 0.15) is 40.2 Å². The summed E-state index contributed by atoms with van der Waals surface area (Å²) in [6, 6.07) is 5.52. The van der Waals surface area contributed by atoms with Crippen LogP contribution in [0.15, 0.2) is 18.2 Å². The summed E-state index contributed by atoms with van der Waals surface area (Å²) in [5, 5.41) is 0. The monoisotopic (exact) mass is 268 g/mol. The van der Waals surface area contributed by atoms with Gasteiger partial charge in [0.25, 0.3) is 0 Å². The van der Waals surface area contributed by atoms with Crippen LogP contribution in [0.2, 0.25) is 0 Å². The highest BCUT2D eigenvalue weighted by atomic mass is 79.9. The van der Waals surface area contributed by atoms with Crippen LogP contribution in [-0.4, -0.2) is 12.1 Å². The lowest BCUT2D eigenvalue weighted by Crippen LogP contribution is -2.07. The topological polar surface area (TPSA) is 34.1 Å². The van der Waals surface area contributed by atoms with E-state index in [0.717, 1.165) is 23.8 Å². The predicted octanol–water partition coefficient (Wildman–Crippen LogP) is 3.09. The summed E-state index contributed by atoms with van der Waals surface area (Å²) < 4.78 is 0. The van der Waals surface area contributed by atoms with Gasteiger partial charge in [0.1, 0.15) is 12.1 Å². The first-order valence-corrected chi connectivity index (χ1v) is 5.74. The van der Waals surface area contributed by atoms with Crippen molar-refractivity contribution in [2.45, 2.75) is 25.1 Å². The van der Waals surface area contributed by atoms with Crippen molar-refractivity contribution in [2.24, 2.45) is 0 Å². The van der Waals surface area contributed by atoms with E-state index in [9.17, 15) is 9.59 Å². The molecule has 0 saturated heterocycles. The second-order valence-corrected chi connectivity index (χ2v) is 4.28. The van der Waals surface area contributed by atoms with Crippen LogP contribution in [0.4, 0.5) is 0 Å². The molecule has 1 aromatic carbocycles. The molecule has 0 heterocycles. The Balaban J connectivity index is 3.33. The average molecular weight is 269 g/mol. The number of hydrogen-bond donors (Lipinski definition) is 0. The number of hydrogen-bond acceptors (Lipinski definition) is 2. The fourth-order valence-electron chi connectivity index (χ4n) is 1.56. The molecule has 0 aliphatic rings. The molecule has 0 fully saturated rings. The maximum atomic E-state index is 11.3. The van der Waals surface area contributed by atoms with Gasteiger partial charge >= 0.3 is 0 Å². The van der Waals surface area contributed by atoms with Crippen molar-refractivity contribution in [3.63, 3.8) is 0 Å². The molecule has 0 spiro atoms. The van der Waals surface area contributed by atoms with Crippen molar-refractivity contribution < 1.29 is 9.59 Å². The third kappa shape index (κ3) is 2.53. The Bertz CT molecular complexity index is 385. The standard InChI is InChI=1S/C12H13BrO2/c1-3-9-5-4-6-10(7-14)11(9)12(13)8(2)15/h4-7,12H,3H2,1-2H3. The van der Waals surface area contributed by atoms with Gasteiger partial charge < -0.3 is 0 Å². The molecule has 1 atom stereocenters. The van der Waals surface area contributed by atoms with Gasteiger partial charge in [0, 0.05) is 5.56 Å². The number of alkyl halides is 1. The van der Waals surface area contributed by atoms with E-state index < -0.39 is 0 Å². The highest BCUT2D eigenvalue weighted by Crippen LogP contribution is 2.29. The largest absolute Gasteiger partial charge is 0.298 e. The number of benzene rings is 1. The minimum Gasteiger partial charge on any atom is -0.298 e. The fraction of sp³-hybridized carbons (Fsp3) is 0.333. The molecule has 1 unspecified atom stereocenters. The fourth-order valence-corrected chi connectivity index (χ4v) is 2.11. The summed E-state index contributed by atoms with van der Waals surface area (Å²) in [6.45, 7) is 3.52. The van der Waals surface area contributed by atoms with Gasteiger partial charge in [-0.25, -0.2) is 0 Å². The molecule has 0 radical (unpaired) electrons. The van der Waals surface area contributed by atoms with Crippen LogP contribution in [0.3, 0.4) is 0 Å². The Labute approximate surface area is 97.8 Å². The molecular formula is C12H13BrO2. The number of rotatable bonds is 4. The van der Waals surface area contributed by atoms with E-state index in [4.69, 9.17) is 0 Å². The molecule has 15 heavy (non-hydrogen) atoms. The van der Waals surface area contributed by atoms with Gasteiger partial charge in [-0.3, -0.25) is 9.59 Å². The molecule has 1 aromatic rings. The smallest absolute Gasteiger partial charge is 0.150 e. The maximum absolute atomic E-state index is 11.3. The Morgan fingerprint density at radius 1 is 1.53 bits per heavy atom. The quantitative estimate of drug-likeness (QED) is 0.621. The van der Waals surface area contributed by atoms with Crippen LogP contribution in [0.5, 0.6) is 0 Å². The molecule has 0 aromatic heterocycles. The number of aldehydes is 1. The minimum atomic E-state index is -0.381. The second kappa shape index (κ2) is 5.21. The van der Waals surface area contributed by atoms with Crippen molar-refractivity contribution >= 4 is 28.0 Å². The van der Waals surface area contributed by atoms with Crippen molar-refractivity contribution in [2.75, 3.05) is 0 Å². The van der Waals surface area contributed by atoms with E-state index in [-0.39, 0.29) is 10.6 Å². The summed E-state index contributed by atoms with van der Waals surface area (Å²) in [7, 11) is 0. The molecule has 2 nitrogen and oxygen atoms in total. The van der Waals surface area contributed by atoms with Crippen LogP contribution in [0.25, 0.3) is 0 Å². The summed E-state index contributed by atoms with van der Waals surface area (Å²) in [5.41, 5.74) is 2.44. The van der Waals surface area contributed by atoms with Crippen LogP contribution in [-0.2, 0) is 11.2 Å². The van der Waals surface area contributed by atoms with E-state index in [1.165, 1.54) is 6.92 Å². The van der Waals surface area contributed by atoms with Crippen LogP contribution in [0, 0.1) is 0 Å². The Kier molecular flexibility index (Phi) is 4.21. The highest BCUT2D eigenvalue weighted by Gasteiger charge is 2.19. The van der Waals surface area contributed by atoms with Crippen LogP contribution >= 0.6 is 15.9 Å². The minimum absolute atomic E-state index is 0.0130. The number of aryl methyl sites for hydroxylation is 1. The molecule has 3 heteroatoms. The number of halogens is 1. The van der Waals surface area contributed by atoms with Crippen molar-refractivity contribution in [1.82, 2.24) is 0 Å². The number of carbonyl (C=O) groups excluding carboxylic acids is 2. The van der Waals surface area contributed by atoms with E-state index >= 15 is 0 Å². The number of ketones is 1. The molecule has 0 N–H and O–H groups in total. The van der Waals surface area contributed by atoms with Gasteiger partial charge in [0.2, 0.25) is 0 Å². The van der Waals surface area contributed by atoms with Crippen molar-refractivity contribution in [3.05, 3.63) is 34.9 Å². The first-order chi connectivity index (χ1) is 7.11. The summed E-state index contributed by atoms with van der Waals surface area (Å²) in [5.74, 6) is 0.0130. The van der Waals surface area contributed by atoms with Gasteiger partial charge in [-0.1, -0.05) is 41.1 Å². The van der Waals surface area contributed by atoms with E-state index in [1.807, 2.05) is 19.1 Å². The lowest BCUT2D eigenvalue weighted by atomic mass is 9.96. The zero-order chi connectivity index (χ0) is 11.4. The summed E-state index contributed by atoms with van der Waals surface area (Å²) in [4.78, 5) is 21.8. The molecule has 0 aliphatic heterocycles. The zero-order valence-corrected chi connectivity index (χ0v) is 10.4. The Morgan fingerprint density at radius 3 is 2.67 bits per heavy atom. The Morgan fingerprint density at radius 2 is 2.20 bits per heavy atom. The molecule has 0 aliphatic carbocycles. The van der Waals surface area contributed by atoms with Gasteiger partial charge in [-0.15, -0.1) is 0 Å². The molecule has 0 saturated carbocycles. The SMILES string of the molecule is CCc1cccc(C=O)c1C(Br)C(C)=O. The third-order valence-electron chi connectivity index (χ3n) is 2.35. The second-order valence-electron chi connectivity index (χ2n) is 3.36. The van der Waals surface area contributed by atoms with Crippen molar-refractivity contribution in [1.29, 1.82) is 0 Å². The third-order valence-corrected chi connectivity index (χ3v) is 3.45. The number of carbonyl (C=O) groups is 2. The lowest BCUT2D eigenvalue weighted by Gasteiger charge is -2.13. The van der Waals surface area contributed by atoms with Gasteiger partial charge in [0.05, 0.1) is 4.83 Å². The van der Waals surface area contributed by atoms with Gasteiger partial charge in [-0.05, 0) is 24.5 Å². The normalized spacial score (nSPS) is 12.2. The van der Waals surface area contributed by atoms with Gasteiger partial charge in [0.15, 0.2) is 0 Å². The molecule has 0 amide bonds. The number of Topliss-reactive ketones (excluding diaryl/α,β-unsaturated/α-hetero) is 1. The molecule has 1 rings (SSSR count). The summed E-state index contributed by atoms with van der Waals surface area (Å²) >= 11 is 3.33. The summed E-state index contributed by atoms with van der Waals surface area (Å²) in [6.07, 6.45) is 1.61. The predicted molar refractivity (Wildman–Crippen MR) is 63.6 cm³/mol. The first-order valence-electron chi connectivity index (χ1n) is 4.83. The van der Waals surface area contributed by atoms with Gasteiger partial charge in [-0.2, -0.15) is 0 Å². The molecule has 0 bridgehead atoms. The zero-order valence-electron chi connectivity index (χ0n) is 8.79. The van der Waals surface area contributed by atoms with E-state index in [0.29, 0.717) is 5.56 Å². The first kappa shape index (κ1) is 12.1. The maximum Gasteiger partial charge on any atom is 0.150 e. The highest BCUT2D eigenvalue weighted by molar-refractivity contribution is 9.09. The van der Waals surface area contributed by atoms with E-state index in [2.05, 4.69) is 15.9 Å². The van der Waals surface area contributed by atoms with E-state index in [1.54, 1.807) is 6.07 Å². The lowest BCUT2D eigenvalue weighted by molar-refractivity contribution is -0.116. The van der Waals surface area contributed by atoms with Crippen molar-refractivity contribution in [3.8, 4) is 0 Å². The van der Waals surface area contributed by atoms with Crippen LogP contribution < -0.4 is 0 Å². The average Bonchev–Trinajstić information content (AvgIpc) is 2.26. The molecule has 80 valence electrons.